The number of aliphatic hydroxyl groups excluding tert-OH is 2. The van der Waals surface area contributed by atoms with Gasteiger partial charge < -0.3 is 24.4 Å². The lowest BCUT2D eigenvalue weighted by atomic mass is 9.97. The molecule has 5 heteroatoms. The maximum atomic E-state index is 10.3. The molecule has 1 saturated heterocycles. The van der Waals surface area contributed by atoms with Crippen LogP contribution in [-0.4, -0.2) is 47.8 Å². The van der Waals surface area contributed by atoms with Crippen LogP contribution in [-0.2, 0) is 27.4 Å². The molecule has 1 aliphatic heterocycles. The fourth-order valence-corrected chi connectivity index (χ4v) is 2.87. The van der Waals surface area contributed by atoms with Crippen molar-refractivity contribution in [1.29, 1.82) is 0 Å². The molecule has 0 aliphatic carbocycles. The normalized spacial score (nSPS) is 29.5. The number of benzene rings is 2. The van der Waals surface area contributed by atoms with E-state index in [2.05, 4.69) is 0 Å². The van der Waals surface area contributed by atoms with Gasteiger partial charge in [-0.1, -0.05) is 60.7 Å². The van der Waals surface area contributed by atoms with Gasteiger partial charge in [-0.05, 0) is 11.1 Å². The van der Waals surface area contributed by atoms with Crippen molar-refractivity contribution in [2.45, 2.75) is 31.0 Å². The smallest absolute Gasteiger partial charge is 0.143 e. The third-order valence-corrected chi connectivity index (χ3v) is 4.27. The van der Waals surface area contributed by atoms with E-state index in [4.69, 9.17) is 15.6 Å². The van der Waals surface area contributed by atoms with Crippen LogP contribution in [0.25, 0.3) is 0 Å². The Hall–Kier alpha value is -1.76. The Labute approximate surface area is 149 Å². The summed E-state index contributed by atoms with van der Waals surface area (Å²) in [6.45, 7) is -0.990. The van der Waals surface area contributed by atoms with Gasteiger partial charge in [0.25, 0.3) is 0 Å². The lowest BCUT2D eigenvalue weighted by molar-refractivity contribution is -0.158. The highest BCUT2D eigenvalue weighted by Gasteiger charge is 2.50. The third kappa shape index (κ3) is 4.45. The maximum Gasteiger partial charge on any atom is 0.143 e. The van der Waals surface area contributed by atoms with E-state index in [0.717, 1.165) is 11.1 Å². The fourth-order valence-electron chi connectivity index (χ4n) is 2.87. The Morgan fingerprint density at radius 2 is 1.64 bits per heavy atom. The van der Waals surface area contributed by atoms with Crippen molar-refractivity contribution in [2.75, 3.05) is 19.8 Å². The molecule has 3 rings (SSSR count). The lowest BCUT2D eigenvalue weighted by Crippen LogP contribution is -2.51. The van der Waals surface area contributed by atoms with Gasteiger partial charge in [0.15, 0.2) is 0 Å². The van der Waals surface area contributed by atoms with Gasteiger partial charge in [0.2, 0.25) is 0 Å². The molecule has 2 N–H and O–H groups in total. The second-order valence-electron chi connectivity index (χ2n) is 6.16. The SMILES string of the molecule is [3H]C1O[C@](CO)(COCc2ccccc2)C(OCc2ccccc2)[C@@H]1O. The Bertz CT molecular complexity index is 668. The zero-order valence-corrected chi connectivity index (χ0v) is 14.0. The minimum atomic E-state index is -1.27. The molecular weight excluding hydrogens is 320 g/mol. The van der Waals surface area contributed by atoms with Crippen molar-refractivity contribution < 1.29 is 25.8 Å². The molecule has 5 nitrogen and oxygen atoms in total. The average molecular weight is 346 g/mol. The Morgan fingerprint density at radius 3 is 2.24 bits per heavy atom. The molecule has 0 saturated carbocycles. The first-order chi connectivity index (χ1) is 12.6. The predicted molar refractivity (Wildman–Crippen MR) is 92.9 cm³/mol. The van der Waals surface area contributed by atoms with Crippen molar-refractivity contribution in [1.82, 2.24) is 0 Å². The van der Waals surface area contributed by atoms with Gasteiger partial charge in [0.1, 0.15) is 17.8 Å². The van der Waals surface area contributed by atoms with Gasteiger partial charge in [-0.15, -0.1) is 0 Å². The van der Waals surface area contributed by atoms with Gasteiger partial charge in [-0.3, -0.25) is 0 Å². The summed E-state index contributed by atoms with van der Waals surface area (Å²) in [7, 11) is 0. The first-order valence-corrected chi connectivity index (χ1v) is 8.31. The Morgan fingerprint density at radius 1 is 1.04 bits per heavy atom. The first kappa shape index (κ1) is 16.7. The summed E-state index contributed by atoms with van der Waals surface area (Å²) in [6.07, 6.45) is -2.02. The molecule has 0 bridgehead atoms. The van der Waals surface area contributed by atoms with Crippen LogP contribution >= 0.6 is 0 Å². The van der Waals surface area contributed by atoms with E-state index in [1.807, 2.05) is 60.7 Å². The molecule has 2 aromatic rings. The van der Waals surface area contributed by atoms with E-state index in [9.17, 15) is 10.2 Å². The fraction of sp³-hybridized carbons (Fsp3) is 0.400. The quantitative estimate of drug-likeness (QED) is 0.764. The van der Waals surface area contributed by atoms with Gasteiger partial charge in [-0.25, -0.2) is 0 Å². The Kier molecular flexibility index (Phi) is 5.71. The van der Waals surface area contributed by atoms with Crippen molar-refractivity contribution in [3.63, 3.8) is 0 Å². The molecule has 1 aliphatic rings. The minimum Gasteiger partial charge on any atom is -0.393 e. The molecule has 0 aromatic heterocycles. The highest BCUT2D eigenvalue weighted by molar-refractivity contribution is 5.14. The molecular formula is C20H24O5. The molecule has 1 fully saturated rings. The lowest BCUT2D eigenvalue weighted by Gasteiger charge is -2.32. The number of hydrogen-bond acceptors (Lipinski definition) is 5. The molecule has 0 amide bonds. The second-order valence-corrected chi connectivity index (χ2v) is 6.16. The van der Waals surface area contributed by atoms with Crippen molar-refractivity contribution in [3.8, 4) is 0 Å². The van der Waals surface area contributed by atoms with Crippen LogP contribution in [0.15, 0.2) is 60.7 Å². The summed E-state index contributed by atoms with van der Waals surface area (Å²) in [6, 6.07) is 19.2. The van der Waals surface area contributed by atoms with Crippen LogP contribution in [0.4, 0.5) is 0 Å². The van der Waals surface area contributed by atoms with E-state index >= 15 is 0 Å². The van der Waals surface area contributed by atoms with Crippen molar-refractivity contribution in [3.05, 3.63) is 71.8 Å². The number of aliphatic hydroxyl groups is 2. The summed E-state index contributed by atoms with van der Waals surface area (Å²) < 4.78 is 25.0. The van der Waals surface area contributed by atoms with Gasteiger partial charge >= 0.3 is 0 Å². The molecule has 0 radical (unpaired) electrons. The summed E-state index contributed by atoms with van der Waals surface area (Å²) in [5.41, 5.74) is 0.656. The largest absolute Gasteiger partial charge is 0.393 e. The van der Waals surface area contributed by atoms with Crippen molar-refractivity contribution in [2.24, 2.45) is 0 Å². The van der Waals surface area contributed by atoms with Crippen LogP contribution in [0, 0.1) is 0 Å². The van der Waals surface area contributed by atoms with E-state index in [1.54, 1.807) is 0 Å². The molecule has 2 unspecified atom stereocenters. The molecule has 1 heterocycles. The van der Waals surface area contributed by atoms with Crippen LogP contribution in [0.2, 0.25) is 0 Å². The molecule has 2 aromatic carbocycles. The van der Waals surface area contributed by atoms with Crippen LogP contribution in [0.3, 0.4) is 0 Å². The predicted octanol–water partition coefficient (Wildman–Crippen LogP) is 1.91. The summed E-state index contributed by atoms with van der Waals surface area (Å²) in [5.74, 6) is 0. The van der Waals surface area contributed by atoms with E-state index in [0.29, 0.717) is 6.61 Å². The standard InChI is InChI=1S/C20H24O5/c21-14-20(15-23-11-16-7-3-1-4-8-16)19(18(22)13-25-20)24-12-17-9-5-2-6-10-17/h1-10,18-19,21-22H,11-15H2/t18-,19?,20-/m1/s1/i13T/t13?,18-,19?,20-. The number of hydrogen-bond donors (Lipinski definition) is 2. The molecule has 4 atom stereocenters. The zero-order chi connectivity index (χ0) is 18.4. The monoisotopic (exact) mass is 346 g/mol. The maximum absolute atomic E-state index is 10.3. The van der Waals surface area contributed by atoms with Crippen molar-refractivity contribution >= 4 is 0 Å². The van der Waals surface area contributed by atoms with E-state index < -0.39 is 31.0 Å². The van der Waals surface area contributed by atoms with E-state index in [-0.39, 0.29) is 13.2 Å². The summed E-state index contributed by atoms with van der Waals surface area (Å²) in [4.78, 5) is 0. The average Bonchev–Trinajstić information content (AvgIpc) is 2.92. The third-order valence-electron chi connectivity index (χ3n) is 4.27. The number of rotatable bonds is 8. The summed E-state index contributed by atoms with van der Waals surface area (Å²) in [5, 5.41) is 20.3. The topological polar surface area (TPSA) is 68.2 Å². The zero-order valence-electron chi connectivity index (χ0n) is 15.0. The second kappa shape index (κ2) is 8.56. The summed E-state index contributed by atoms with van der Waals surface area (Å²) >= 11 is 0. The van der Waals surface area contributed by atoms with E-state index in [1.165, 1.54) is 0 Å². The molecule has 134 valence electrons. The van der Waals surface area contributed by atoms with Crippen LogP contribution < -0.4 is 0 Å². The Balaban J connectivity index is 1.65. The van der Waals surface area contributed by atoms with Gasteiger partial charge in [0, 0.05) is 0 Å². The number of ether oxygens (including phenoxy) is 3. The highest BCUT2D eigenvalue weighted by Crippen LogP contribution is 2.30. The highest BCUT2D eigenvalue weighted by atomic mass is 16.6. The first-order valence-electron chi connectivity index (χ1n) is 8.88. The molecule has 0 spiro atoms. The van der Waals surface area contributed by atoms with Gasteiger partial charge in [-0.2, -0.15) is 0 Å². The van der Waals surface area contributed by atoms with Crippen LogP contribution in [0.1, 0.15) is 12.5 Å². The van der Waals surface area contributed by atoms with Gasteiger partial charge in [0.05, 0.1) is 34.4 Å². The van der Waals surface area contributed by atoms with Crippen LogP contribution in [0.5, 0.6) is 0 Å². The minimum absolute atomic E-state index is 0.0181. The molecule has 25 heavy (non-hydrogen) atoms.